The minimum Gasteiger partial charge on any atom is -0.349 e. The summed E-state index contributed by atoms with van der Waals surface area (Å²) in [5.41, 5.74) is 2.74. The number of fused-ring (bicyclic) bond motifs is 1. The summed E-state index contributed by atoms with van der Waals surface area (Å²) in [7, 11) is 0. The quantitative estimate of drug-likeness (QED) is 0.880. The Morgan fingerprint density at radius 1 is 1.15 bits per heavy atom. The predicted octanol–water partition coefficient (Wildman–Crippen LogP) is 2.60. The lowest BCUT2D eigenvalue weighted by atomic mass is 9.87. The summed E-state index contributed by atoms with van der Waals surface area (Å²) in [5.74, 6) is 0.457. The second kappa shape index (κ2) is 7.09. The van der Waals surface area contributed by atoms with Crippen LogP contribution in [0.15, 0.2) is 24.3 Å². The fourth-order valence-corrected chi connectivity index (χ4v) is 3.28. The summed E-state index contributed by atoms with van der Waals surface area (Å²) in [6, 6.07) is 8.76. The van der Waals surface area contributed by atoms with E-state index in [9.17, 15) is 4.79 Å². The number of halogens is 1. The Labute approximate surface area is 126 Å². The zero-order valence-corrected chi connectivity index (χ0v) is 12.5. The number of carbonyl (C=O) groups excluding carboxylic acids is 1. The second-order valence-corrected chi connectivity index (χ2v) is 5.68. The van der Waals surface area contributed by atoms with Crippen molar-refractivity contribution in [2.45, 2.75) is 38.1 Å². The Kier molecular flexibility index (Phi) is 5.44. The standard InChI is InChI=1S/C16H22N2O.ClH/c19-16(13-8-10-17-11-9-13)18-15-7-3-5-12-4-1-2-6-14(12)15;/h1-2,4,6,13,15,17H,3,5,7-11H2,(H,18,19);1H. The predicted molar refractivity (Wildman–Crippen MR) is 83.1 cm³/mol. The Morgan fingerprint density at radius 2 is 1.90 bits per heavy atom. The van der Waals surface area contributed by atoms with Crippen LogP contribution in [0, 0.1) is 5.92 Å². The molecule has 0 bridgehead atoms. The first kappa shape index (κ1) is 15.3. The number of nitrogens with one attached hydrogen (secondary N) is 2. The molecule has 20 heavy (non-hydrogen) atoms. The Hall–Kier alpha value is -1.06. The molecule has 2 aliphatic rings. The summed E-state index contributed by atoms with van der Waals surface area (Å²) in [6.07, 6.45) is 5.35. The van der Waals surface area contributed by atoms with Gasteiger partial charge in [-0.25, -0.2) is 0 Å². The van der Waals surface area contributed by atoms with Crippen molar-refractivity contribution in [1.29, 1.82) is 0 Å². The van der Waals surface area contributed by atoms with Crippen molar-refractivity contribution in [1.82, 2.24) is 10.6 Å². The highest BCUT2D eigenvalue weighted by Crippen LogP contribution is 2.30. The van der Waals surface area contributed by atoms with E-state index in [0.717, 1.165) is 38.8 Å². The number of piperidine rings is 1. The van der Waals surface area contributed by atoms with Crippen LogP contribution in [0.1, 0.15) is 42.9 Å². The van der Waals surface area contributed by atoms with E-state index >= 15 is 0 Å². The van der Waals surface area contributed by atoms with Gasteiger partial charge in [0.15, 0.2) is 0 Å². The van der Waals surface area contributed by atoms with Crippen LogP contribution in [0.3, 0.4) is 0 Å². The zero-order chi connectivity index (χ0) is 13.1. The molecule has 1 aliphatic heterocycles. The number of aryl methyl sites for hydroxylation is 1. The second-order valence-electron chi connectivity index (χ2n) is 5.68. The summed E-state index contributed by atoms with van der Waals surface area (Å²) in [4.78, 5) is 12.3. The number of rotatable bonds is 2. The summed E-state index contributed by atoms with van der Waals surface area (Å²) < 4.78 is 0. The van der Waals surface area contributed by atoms with Crippen LogP contribution in [-0.2, 0) is 11.2 Å². The van der Waals surface area contributed by atoms with Crippen molar-refractivity contribution in [2.24, 2.45) is 5.92 Å². The van der Waals surface area contributed by atoms with Crippen LogP contribution < -0.4 is 10.6 Å². The molecule has 4 heteroatoms. The topological polar surface area (TPSA) is 41.1 Å². The molecule has 0 radical (unpaired) electrons. The lowest BCUT2D eigenvalue weighted by Crippen LogP contribution is -2.40. The fourth-order valence-electron chi connectivity index (χ4n) is 3.28. The SMILES string of the molecule is Cl.O=C(NC1CCCc2ccccc21)C1CCNCC1. The highest BCUT2D eigenvalue weighted by atomic mass is 35.5. The molecule has 1 aromatic rings. The number of hydrogen-bond acceptors (Lipinski definition) is 2. The first-order valence-electron chi connectivity index (χ1n) is 7.43. The van der Waals surface area contributed by atoms with Crippen LogP contribution in [-0.4, -0.2) is 19.0 Å². The maximum absolute atomic E-state index is 12.3. The van der Waals surface area contributed by atoms with E-state index in [1.165, 1.54) is 17.5 Å². The number of carbonyl (C=O) groups is 1. The van der Waals surface area contributed by atoms with Crippen LogP contribution in [0.25, 0.3) is 0 Å². The molecule has 1 atom stereocenters. The lowest BCUT2D eigenvalue weighted by Gasteiger charge is -2.29. The normalized spacial score (nSPS) is 22.5. The highest BCUT2D eigenvalue weighted by molar-refractivity contribution is 5.85. The van der Waals surface area contributed by atoms with Crippen molar-refractivity contribution in [2.75, 3.05) is 13.1 Å². The van der Waals surface area contributed by atoms with Gasteiger partial charge >= 0.3 is 0 Å². The van der Waals surface area contributed by atoms with Gasteiger partial charge < -0.3 is 10.6 Å². The fraction of sp³-hybridized carbons (Fsp3) is 0.562. The Bertz CT molecular complexity index is 458. The van der Waals surface area contributed by atoms with Gasteiger partial charge in [-0.15, -0.1) is 12.4 Å². The highest BCUT2D eigenvalue weighted by Gasteiger charge is 2.26. The average molecular weight is 295 g/mol. The van der Waals surface area contributed by atoms with Gasteiger partial charge in [0.25, 0.3) is 0 Å². The van der Waals surface area contributed by atoms with Crippen molar-refractivity contribution in [3.05, 3.63) is 35.4 Å². The first-order chi connectivity index (χ1) is 9.34. The maximum Gasteiger partial charge on any atom is 0.223 e. The maximum atomic E-state index is 12.3. The van der Waals surface area contributed by atoms with Gasteiger partial charge in [-0.05, 0) is 56.3 Å². The number of amides is 1. The molecule has 0 spiro atoms. The van der Waals surface area contributed by atoms with E-state index in [1.807, 2.05) is 0 Å². The van der Waals surface area contributed by atoms with Gasteiger partial charge in [0.05, 0.1) is 6.04 Å². The Balaban J connectivity index is 0.00000147. The minimum atomic E-state index is 0. The van der Waals surface area contributed by atoms with Crippen LogP contribution in [0.5, 0.6) is 0 Å². The van der Waals surface area contributed by atoms with Crippen molar-refractivity contribution in [3.8, 4) is 0 Å². The van der Waals surface area contributed by atoms with Gasteiger partial charge in [0, 0.05) is 5.92 Å². The largest absolute Gasteiger partial charge is 0.349 e. The zero-order valence-electron chi connectivity index (χ0n) is 11.7. The van der Waals surface area contributed by atoms with Crippen molar-refractivity contribution in [3.63, 3.8) is 0 Å². The van der Waals surface area contributed by atoms with E-state index in [2.05, 4.69) is 34.9 Å². The molecule has 1 saturated heterocycles. The third-order valence-electron chi connectivity index (χ3n) is 4.40. The minimum absolute atomic E-state index is 0. The molecule has 0 saturated carbocycles. The van der Waals surface area contributed by atoms with E-state index in [4.69, 9.17) is 0 Å². The third kappa shape index (κ3) is 3.33. The molecule has 1 aromatic carbocycles. The summed E-state index contributed by atoms with van der Waals surface area (Å²) in [5, 5.41) is 6.59. The van der Waals surface area contributed by atoms with E-state index in [1.54, 1.807) is 0 Å². The molecule has 1 aliphatic carbocycles. The van der Waals surface area contributed by atoms with Crippen LogP contribution in [0.4, 0.5) is 0 Å². The Morgan fingerprint density at radius 3 is 2.70 bits per heavy atom. The van der Waals surface area contributed by atoms with E-state index in [-0.39, 0.29) is 30.3 Å². The molecule has 1 heterocycles. The smallest absolute Gasteiger partial charge is 0.223 e. The molecule has 1 unspecified atom stereocenters. The van der Waals surface area contributed by atoms with Crippen LogP contribution in [0.2, 0.25) is 0 Å². The van der Waals surface area contributed by atoms with Gasteiger partial charge in [-0.3, -0.25) is 4.79 Å². The van der Waals surface area contributed by atoms with Gasteiger partial charge in [-0.1, -0.05) is 24.3 Å². The molecule has 2 N–H and O–H groups in total. The molecular weight excluding hydrogens is 272 g/mol. The molecule has 0 aromatic heterocycles. The van der Waals surface area contributed by atoms with E-state index in [0.29, 0.717) is 0 Å². The molecule has 1 amide bonds. The van der Waals surface area contributed by atoms with Gasteiger partial charge in [-0.2, -0.15) is 0 Å². The molecule has 3 rings (SSSR count). The average Bonchev–Trinajstić information content (AvgIpc) is 2.48. The molecule has 1 fully saturated rings. The summed E-state index contributed by atoms with van der Waals surface area (Å²) >= 11 is 0. The third-order valence-corrected chi connectivity index (χ3v) is 4.40. The molecule has 3 nitrogen and oxygen atoms in total. The summed E-state index contributed by atoms with van der Waals surface area (Å²) in [6.45, 7) is 1.94. The van der Waals surface area contributed by atoms with Gasteiger partial charge in [0.2, 0.25) is 5.91 Å². The van der Waals surface area contributed by atoms with Crippen molar-refractivity contribution >= 4 is 18.3 Å². The number of benzene rings is 1. The first-order valence-corrected chi connectivity index (χ1v) is 7.43. The molecule has 110 valence electrons. The lowest BCUT2D eigenvalue weighted by molar-refractivity contribution is -0.126. The van der Waals surface area contributed by atoms with Crippen molar-refractivity contribution < 1.29 is 4.79 Å². The number of hydrogen-bond donors (Lipinski definition) is 2. The molecular formula is C16H23ClN2O. The van der Waals surface area contributed by atoms with Crippen LogP contribution >= 0.6 is 12.4 Å². The van der Waals surface area contributed by atoms with E-state index < -0.39 is 0 Å². The monoisotopic (exact) mass is 294 g/mol. The van der Waals surface area contributed by atoms with Gasteiger partial charge in [0.1, 0.15) is 0 Å².